The van der Waals surface area contributed by atoms with E-state index in [2.05, 4.69) is 21.5 Å². The SMILES string of the molecule is Cc1nc(-c2ccc(C(=O)Nc3cccc4c3CCCC4)cc2)no1. The van der Waals surface area contributed by atoms with Crippen LogP contribution in [0.15, 0.2) is 47.0 Å². The number of aryl methyl sites for hydroxylation is 2. The molecule has 0 aliphatic heterocycles. The molecule has 5 nitrogen and oxygen atoms in total. The van der Waals surface area contributed by atoms with Crippen molar-refractivity contribution >= 4 is 11.6 Å². The monoisotopic (exact) mass is 333 g/mol. The van der Waals surface area contributed by atoms with Crippen LogP contribution in [0.5, 0.6) is 0 Å². The summed E-state index contributed by atoms with van der Waals surface area (Å²) in [6.45, 7) is 1.75. The largest absolute Gasteiger partial charge is 0.339 e. The van der Waals surface area contributed by atoms with Crippen LogP contribution >= 0.6 is 0 Å². The molecule has 0 radical (unpaired) electrons. The predicted molar refractivity (Wildman–Crippen MR) is 95.5 cm³/mol. The van der Waals surface area contributed by atoms with Gasteiger partial charge in [-0.1, -0.05) is 29.4 Å². The Morgan fingerprint density at radius 2 is 1.88 bits per heavy atom. The number of hydrogen-bond acceptors (Lipinski definition) is 4. The summed E-state index contributed by atoms with van der Waals surface area (Å²) < 4.78 is 4.99. The fourth-order valence-electron chi connectivity index (χ4n) is 3.28. The lowest BCUT2D eigenvalue weighted by atomic mass is 9.90. The van der Waals surface area contributed by atoms with Crippen LogP contribution in [0.25, 0.3) is 11.4 Å². The molecule has 0 saturated heterocycles. The van der Waals surface area contributed by atoms with Gasteiger partial charge in [-0.25, -0.2) is 0 Å². The average molecular weight is 333 g/mol. The van der Waals surface area contributed by atoms with Crippen molar-refractivity contribution in [2.75, 3.05) is 5.32 Å². The maximum Gasteiger partial charge on any atom is 0.255 e. The quantitative estimate of drug-likeness (QED) is 0.781. The van der Waals surface area contributed by atoms with Gasteiger partial charge in [0.05, 0.1) is 0 Å². The molecule has 0 spiro atoms. The number of amides is 1. The topological polar surface area (TPSA) is 68.0 Å². The van der Waals surface area contributed by atoms with E-state index in [1.807, 2.05) is 24.3 Å². The molecule has 1 aliphatic carbocycles. The van der Waals surface area contributed by atoms with Crippen molar-refractivity contribution in [2.45, 2.75) is 32.6 Å². The molecule has 0 bridgehead atoms. The first kappa shape index (κ1) is 15.6. The highest BCUT2D eigenvalue weighted by Crippen LogP contribution is 2.28. The Morgan fingerprint density at radius 1 is 1.08 bits per heavy atom. The minimum absolute atomic E-state index is 0.102. The van der Waals surface area contributed by atoms with Gasteiger partial charge < -0.3 is 9.84 Å². The molecule has 1 heterocycles. The summed E-state index contributed by atoms with van der Waals surface area (Å²) in [6.07, 6.45) is 4.53. The van der Waals surface area contributed by atoms with E-state index in [1.54, 1.807) is 19.1 Å². The summed E-state index contributed by atoms with van der Waals surface area (Å²) in [5.74, 6) is 0.946. The van der Waals surface area contributed by atoms with Crippen LogP contribution in [0.1, 0.15) is 40.2 Å². The van der Waals surface area contributed by atoms with E-state index in [9.17, 15) is 4.79 Å². The van der Waals surface area contributed by atoms with Gasteiger partial charge in [0.25, 0.3) is 5.91 Å². The molecule has 4 rings (SSSR count). The van der Waals surface area contributed by atoms with Crippen LogP contribution in [0.3, 0.4) is 0 Å². The van der Waals surface area contributed by atoms with Crippen molar-refractivity contribution in [1.29, 1.82) is 0 Å². The van der Waals surface area contributed by atoms with E-state index >= 15 is 0 Å². The van der Waals surface area contributed by atoms with Crippen LogP contribution in [-0.2, 0) is 12.8 Å². The first-order valence-corrected chi connectivity index (χ1v) is 8.53. The standard InChI is InChI=1S/C20H19N3O2/c1-13-21-19(23-25-13)15-9-11-16(12-10-15)20(24)22-18-8-4-6-14-5-2-3-7-17(14)18/h4,6,8-12H,2-3,5,7H2,1H3,(H,22,24). The minimum Gasteiger partial charge on any atom is -0.339 e. The summed E-state index contributed by atoms with van der Waals surface area (Å²) in [5, 5.41) is 6.95. The van der Waals surface area contributed by atoms with Gasteiger partial charge in [0.15, 0.2) is 0 Å². The second-order valence-corrected chi connectivity index (χ2v) is 6.32. The van der Waals surface area contributed by atoms with E-state index in [0.29, 0.717) is 17.3 Å². The minimum atomic E-state index is -0.102. The number of rotatable bonds is 3. The molecule has 0 saturated carbocycles. The second-order valence-electron chi connectivity index (χ2n) is 6.32. The summed E-state index contributed by atoms with van der Waals surface area (Å²) in [6, 6.07) is 13.4. The molecular formula is C20H19N3O2. The molecule has 1 aromatic heterocycles. The summed E-state index contributed by atoms with van der Waals surface area (Å²) in [7, 11) is 0. The fraction of sp³-hybridized carbons (Fsp3) is 0.250. The number of anilines is 1. The smallest absolute Gasteiger partial charge is 0.255 e. The highest BCUT2D eigenvalue weighted by atomic mass is 16.5. The number of fused-ring (bicyclic) bond motifs is 1. The van der Waals surface area contributed by atoms with Gasteiger partial charge in [-0.05, 0) is 55.0 Å². The van der Waals surface area contributed by atoms with Crippen molar-refractivity contribution in [3.05, 3.63) is 65.0 Å². The number of hydrogen-bond donors (Lipinski definition) is 1. The number of aromatic nitrogens is 2. The Labute approximate surface area is 146 Å². The lowest BCUT2D eigenvalue weighted by Gasteiger charge is -2.19. The number of carbonyl (C=O) groups excluding carboxylic acids is 1. The maximum atomic E-state index is 12.6. The molecule has 2 aromatic carbocycles. The van der Waals surface area contributed by atoms with Crippen LogP contribution in [-0.4, -0.2) is 16.0 Å². The van der Waals surface area contributed by atoms with Gasteiger partial charge in [-0.2, -0.15) is 4.98 Å². The van der Waals surface area contributed by atoms with Crippen molar-refractivity contribution in [3.8, 4) is 11.4 Å². The molecule has 25 heavy (non-hydrogen) atoms. The Bertz CT molecular complexity index is 913. The highest BCUT2D eigenvalue weighted by Gasteiger charge is 2.15. The third-order valence-electron chi connectivity index (χ3n) is 4.58. The third kappa shape index (κ3) is 3.18. The molecule has 5 heteroatoms. The summed E-state index contributed by atoms with van der Waals surface area (Å²) in [5.41, 5.74) is 5.00. The Kier molecular flexibility index (Phi) is 4.06. The fourth-order valence-corrected chi connectivity index (χ4v) is 3.28. The van der Waals surface area contributed by atoms with Crippen molar-refractivity contribution in [1.82, 2.24) is 10.1 Å². The van der Waals surface area contributed by atoms with Crippen LogP contribution < -0.4 is 5.32 Å². The molecule has 0 atom stereocenters. The van der Waals surface area contributed by atoms with Gasteiger partial charge >= 0.3 is 0 Å². The first-order chi connectivity index (χ1) is 12.2. The molecular weight excluding hydrogens is 314 g/mol. The van der Waals surface area contributed by atoms with Gasteiger partial charge in [-0.3, -0.25) is 4.79 Å². The molecule has 1 aliphatic rings. The van der Waals surface area contributed by atoms with E-state index in [4.69, 9.17) is 4.52 Å². The molecule has 3 aromatic rings. The third-order valence-corrected chi connectivity index (χ3v) is 4.58. The lowest BCUT2D eigenvalue weighted by Crippen LogP contribution is -2.15. The zero-order valence-corrected chi connectivity index (χ0v) is 14.1. The molecule has 1 N–H and O–H groups in total. The van der Waals surface area contributed by atoms with Crippen molar-refractivity contribution in [3.63, 3.8) is 0 Å². The van der Waals surface area contributed by atoms with E-state index in [-0.39, 0.29) is 5.91 Å². The Balaban J connectivity index is 1.54. The zero-order valence-electron chi connectivity index (χ0n) is 14.1. The second kappa shape index (κ2) is 6.51. The lowest BCUT2D eigenvalue weighted by molar-refractivity contribution is 0.102. The Morgan fingerprint density at radius 3 is 2.64 bits per heavy atom. The maximum absolute atomic E-state index is 12.6. The number of nitrogens with one attached hydrogen (secondary N) is 1. The Hall–Kier alpha value is -2.95. The van der Waals surface area contributed by atoms with E-state index < -0.39 is 0 Å². The van der Waals surface area contributed by atoms with Crippen molar-refractivity contribution in [2.24, 2.45) is 0 Å². The predicted octanol–water partition coefficient (Wildman–Crippen LogP) is 4.18. The van der Waals surface area contributed by atoms with Crippen LogP contribution in [0.2, 0.25) is 0 Å². The molecule has 1 amide bonds. The number of benzene rings is 2. The summed E-state index contributed by atoms with van der Waals surface area (Å²) >= 11 is 0. The molecule has 0 fully saturated rings. The highest BCUT2D eigenvalue weighted by molar-refractivity contribution is 6.05. The average Bonchev–Trinajstić information content (AvgIpc) is 3.08. The van der Waals surface area contributed by atoms with Crippen LogP contribution in [0.4, 0.5) is 5.69 Å². The van der Waals surface area contributed by atoms with E-state index in [1.165, 1.54) is 24.0 Å². The van der Waals surface area contributed by atoms with Crippen molar-refractivity contribution < 1.29 is 9.32 Å². The number of nitrogens with zero attached hydrogens (tertiary/aromatic N) is 2. The first-order valence-electron chi connectivity index (χ1n) is 8.53. The molecule has 126 valence electrons. The van der Waals surface area contributed by atoms with Gasteiger partial charge in [-0.15, -0.1) is 0 Å². The van der Waals surface area contributed by atoms with Gasteiger partial charge in [0.1, 0.15) is 0 Å². The zero-order chi connectivity index (χ0) is 17.2. The van der Waals surface area contributed by atoms with Gasteiger partial charge in [0, 0.05) is 23.7 Å². The normalized spacial score (nSPS) is 13.3. The van der Waals surface area contributed by atoms with Crippen LogP contribution in [0, 0.1) is 6.92 Å². The summed E-state index contributed by atoms with van der Waals surface area (Å²) in [4.78, 5) is 16.8. The van der Waals surface area contributed by atoms with Gasteiger partial charge in [0.2, 0.25) is 11.7 Å². The van der Waals surface area contributed by atoms with E-state index in [0.717, 1.165) is 24.1 Å². The molecule has 0 unspecified atom stereocenters. The number of carbonyl (C=O) groups is 1.